The van der Waals surface area contributed by atoms with E-state index in [0.29, 0.717) is 11.9 Å². The average molecular weight is 933 g/mol. The van der Waals surface area contributed by atoms with Crippen LogP contribution in [0.4, 0.5) is 11.9 Å². The lowest BCUT2D eigenvalue weighted by Crippen LogP contribution is -2.30. The van der Waals surface area contributed by atoms with E-state index in [1.165, 1.54) is 99.8 Å². The average Bonchev–Trinajstić information content (AvgIpc) is 3.94. The van der Waals surface area contributed by atoms with Gasteiger partial charge in [0.1, 0.15) is 11.6 Å². The lowest BCUT2D eigenvalue weighted by atomic mass is 9.92. The molecule has 0 unspecified atom stereocenters. The fourth-order valence-corrected chi connectivity index (χ4v) is 8.65. The van der Waals surface area contributed by atoms with E-state index in [0.717, 1.165) is 94.3 Å². The maximum atomic E-state index is 9.25. The van der Waals surface area contributed by atoms with Crippen LogP contribution in [0.5, 0.6) is 0 Å². The Hall–Kier alpha value is -6.39. The van der Waals surface area contributed by atoms with Crippen molar-refractivity contribution in [3.05, 3.63) is 83.0 Å². The van der Waals surface area contributed by atoms with E-state index in [2.05, 4.69) is 123 Å². The van der Waals surface area contributed by atoms with E-state index < -0.39 is 5.97 Å². The highest BCUT2D eigenvalue weighted by molar-refractivity contribution is 5.84. The minimum absolute atomic E-state index is 0.250. The van der Waals surface area contributed by atoms with E-state index >= 15 is 0 Å². The van der Waals surface area contributed by atoms with E-state index in [1.54, 1.807) is 0 Å². The summed E-state index contributed by atoms with van der Waals surface area (Å²) in [4.78, 5) is 65.2. The quantitative estimate of drug-likeness (QED) is 0.0473. The van der Waals surface area contributed by atoms with E-state index in [4.69, 9.17) is 29.8 Å². The van der Waals surface area contributed by atoms with Crippen molar-refractivity contribution in [1.29, 1.82) is 0 Å². The van der Waals surface area contributed by atoms with Crippen LogP contribution >= 0.6 is 0 Å². The summed E-state index contributed by atoms with van der Waals surface area (Å²) in [5.41, 5.74) is 12.8. The highest BCUT2D eigenvalue weighted by Crippen LogP contribution is 2.28. The SMILES string of the molecule is C=CC(=O)O.CO.Cc1cc(C)c2nc(-c3cnc(NCCCC4CCN(C)CC4)nc3C)[nH]c2c1.Cc1cc(C)c2nc(-c3cnc(NCCCC4CCN(C)CC4)nc3C)[nH]c2c1.O=C=O. The number of aliphatic hydroxyl groups is 1. The maximum absolute atomic E-state index is 9.25. The van der Waals surface area contributed by atoms with Crippen LogP contribution in [0.2, 0.25) is 0 Å². The number of aliphatic carboxylic acids is 1. The van der Waals surface area contributed by atoms with Gasteiger partial charge in [-0.25, -0.2) is 34.7 Å². The number of carboxylic acids is 1. The summed E-state index contributed by atoms with van der Waals surface area (Å²) in [5, 5.41) is 21.4. The molecule has 2 aliphatic heterocycles. The molecule has 8 rings (SSSR count). The largest absolute Gasteiger partial charge is 0.478 e. The highest BCUT2D eigenvalue weighted by atomic mass is 16.4. The molecule has 0 radical (unpaired) electrons. The first-order valence-corrected chi connectivity index (χ1v) is 23.4. The number of piperidine rings is 2. The van der Waals surface area contributed by atoms with Gasteiger partial charge in [0.2, 0.25) is 11.9 Å². The molecule has 2 aliphatic rings. The van der Waals surface area contributed by atoms with Gasteiger partial charge in [-0.05, 0) is 179 Å². The number of H-pyrrole nitrogens is 2. The molecular formula is C51H72N12O5. The number of aromatic amines is 2. The van der Waals surface area contributed by atoms with Gasteiger partial charge >= 0.3 is 12.1 Å². The number of anilines is 2. The zero-order valence-electron chi connectivity index (χ0n) is 41.5. The Morgan fingerprint density at radius 3 is 1.37 bits per heavy atom. The van der Waals surface area contributed by atoms with Gasteiger partial charge in [-0.1, -0.05) is 18.7 Å². The van der Waals surface area contributed by atoms with Gasteiger partial charge in [0.15, 0.2) is 0 Å². The predicted octanol–water partition coefficient (Wildman–Crippen LogP) is 8.24. The molecule has 17 heteroatoms. The Morgan fingerprint density at radius 1 is 0.691 bits per heavy atom. The number of aryl methyl sites for hydroxylation is 6. The van der Waals surface area contributed by atoms with Crippen LogP contribution in [-0.2, 0) is 14.4 Å². The molecule has 2 aromatic carbocycles. The highest BCUT2D eigenvalue weighted by Gasteiger charge is 2.18. The lowest BCUT2D eigenvalue weighted by Gasteiger charge is -2.28. The van der Waals surface area contributed by atoms with E-state index in [1.807, 2.05) is 26.2 Å². The molecule has 0 saturated carbocycles. The van der Waals surface area contributed by atoms with Crippen molar-refractivity contribution in [3.63, 3.8) is 0 Å². The monoisotopic (exact) mass is 933 g/mol. The van der Waals surface area contributed by atoms with Gasteiger partial charge < -0.3 is 40.6 Å². The molecule has 0 atom stereocenters. The number of fused-ring (bicyclic) bond motifs is 2. The van der Waals surface area contributed by atoms with Gasteiger partial charge in [0.05, 0.1) is 44.6 Å². The zero-order valence-corrected chi connectivity index (χ0v) is 41.5. The maximum Gasteiger partial charge on any atom is 0.373 e. The minimum Gasteiger partial charge on any atom is -0.478 e. The number of nitrogens with one attached hydrogen (secondary N) is 4. The normalized spacial score (nSPS) is 14.2. The molecule has 4 aromatic heterocycles. The van der Waals surface area contributed by atoms with Gasteiger partial charge in [-0.3, -0.25) is 0 Å². The summed E-state index contributed by atoms with van der Waals surface area (Å²) in [5.74, 6) is 3.84. The number of rotatable bonds is 13. The second-order valence-corrected chi connectivity index (χ2v) is 17.8. The number of aliphatic hydroxyl groups excluding tert-OH is 1. The van der Waals surface area contributed by atoms with Crippen LogP contribution in [0.25, 0.3) is 44.8 Å². The molecule has 6 heterocycles. The number of benzene rings is 2. The van der Waals surface area contributed by atoms with Crippen molar-refractivity contribution in [3.8, 4) is 22.8 Å². The number of likely N-dealkylation sites (tertiary alicyclic amines) is 2. The van der Waals surface area contributed by atoms with E-state index in [-0.39, 0.29) is 6.15 Å². The smallest absolute Gasteiger partial charge is 0.373 e. The Kier molecular flexibility index (Phi) is 21.9. The molecule has 2 fully saturated rings. The van der Waals surface area contributed by atoms with E-state index in [9.17, 15) is 4.79 Å². The minimum atomic E-state index is -0.981. The van der Waals surface area contributed by atoms with Gasteiger partial charge in [0.25, 0.3) is 0 Å². The molecule has 366 valence electrons. The van der Waals surface area contributed by atoms with Gasteiger partial charge in [0, 0.05) is 38.7 Å². The molecule has 6 N–H and O–H groups in total. The molecule has 68 heavy (non-hydrogen) atoms. The summed E-state index contributed by atoms with van der Waals surface area (Å²) >= 11 is 0. The third kappa shape index (κ3) is 16.4. The summed E-state index contributed by atoms with van der Waals surface area (Å²) in [6.45, 7) is 22.2. The molecule has 17 nitrogen and oxygen atoms in total. The Morgan fingerprint density at radius 2 is 1.04 bits per heavy atom. The van der Waals surface area contributed by atoms with Crippen LogP contribution in [0.3, 0.4) is 0 Å². The number of nitrogens with zero attached hydrogens (tertiary/aromatic N) is 8. The number of carbonyl (C=O) groups is 1. The number of carbonyl (C=O) groups excluding carboxylic acids is 2. The fraction of sp³-hybridized carbons (Fsp3) is 0.490. The Balaban J connectivity index is 0.000000249. The molecular weight excluding hydrogens is 861 g/mol. The first-order valence-electron chi connectivity index (χ1n) is 23.4. The number of aromatic nitrogens is 8. The van der Waals surface area contributed by atoms with Crippen molar-refractivity contribution in [2.75, 3.05) is 71.1 Å². The van der Waals surface area contributed by atoms with Crippen molar-refractivity contribution in [2.24, 2.45) is 11.8 Å². The van der Waals surface area contributed by atoms with Crippen LogP contribution in [0, 0.1) is 53.4 Å². The summed E-state index contributed by atoms with van der Waals surface area (Å²) in [7, 11) is 5.43. The third-order valence-corrected chi connectivity index (χ3v) is 12.3. The molecule has 0 aliphatic carbocycles. The summed E-state index contributed by atoms with van der Waals surface area (Å²) in [6, 6.07) is 8.59. The second-order valence-electron chi connectivity index (χ2n) is 17.8. The first kappa shape index (κ1) is 54.2. The predicted molar refractivity (Wildman–Crippen MR) is 270 cm³/mol. The van der Waals surface area contributed by atoms with Crippen LogP contribution in [0.15, 0.2) is 49.3 Å². The number of imidazole rings is 2. The summed E-state index contributed by atoms with van der Waals surface area (Å²) in [6.07, 6.45) is 15.1. The third-order valence-electron chi connectivity index (χ3n) is 12.3. The molecule has 2 saturated heterocycles. The second kappa shape index (κ2) is 27.4. The number of hydrogen-bond donors (Lipinski definition) is 6. The fourth-order valence-electron chi connectivity index (χ4n) is 8.65. The van der Waals surface area contributed by atoms with Gasteiger partial charge in [-0.2, -0.15) is 9.59 Å². The topological polar surface area (TPSA) is 231 Å². The van der Waals surface area contributed by atoms with Crippen LogP contribution in [0.1, 0.15) is 85.0 Å². The van der Waals surface area contributed by atoms with Crippen molar-refractivity contribution < 1.29 is 24.6 Å². The van der Waals surface area contributed by atoms with Crippen molar-refractivity contribution >= 4 is 46.1 Å². The summed E-state index contributed by atoms with van der Waals surface area (Å²) < 4.78 is 0. The number of hydrogen-bond acceptors (Lipinski definition) is 14. The molecule has 0 bridgehead atoms. The van der Waals surface area contributed by atoms with Crippen LogP contribution in [-0.4, -0.2) is 132 Å². The number of carboxylic acid groups (broad SMARTS) is 1. The Labute approximate surface area is 400 Å². The van der Waals surface area contributed by atoms with Crippen LogP contribution < -0.4 is 10.6 Å². The molecule has 0 spiro atoms. The lowest BCUT2D eigenvalue weighted by molar-refractivity contribution is -0.191. The zero-order chi connectivity index (χ0) is 49.8. The van der Waals surface area contributed by atoms with Crippen molar-refractivity contribution in [1.82, 2.24) is 49.7 Å². The van der Waals surface area contributed by atoms with Crippen molar-refractivity contribution in [2.45, 2.75) is 92.9 Å². The van der Waals surface area contributed by atoms with Gasteiger partial charge in [-0.15, -0.1) is 0 Å². The Bertz CT molecular complexity index is 2410. The standard InChI is InChI=1S/2C23H32N6.C3H4O2.CO2.CH4O/c2*1-15-12-16(2)21-20(13-15)27-22(28-21)19-14-25-23(26-17(19)3)24-9-5-6-18-7-10-29(4)11-8-18;1-2-3(4)5;2-1-3;1-2/h2*12-14,18H,5-11H2,1-4H3,(H,27,28)(H,24,25,26);2H,1H2,(H,4,5);;2H,1H3. The molecule has 0 amide bonds. The first-order chi connectivity index (χ1) is 32.7. The molecule has 6 aromatic rings.